The summed E-state index contributed by atoms with van der Waals surface area (Å²) in [6, 6.07) is 2.22. The zero-order chi connectivity index (χ0) is 12.3. The van der Waals surface area contributed by atoms with Crippen LogP contribution in [0.5, 0.6) is 0 Å². The van der Waals surface area contributed by atoms with E-state index in [0.717, 1.165) is 24.4 Å². The first-order valence-electron chi connectivity index (χ1n) is 5.75. The Morgan fingerprint density at radius 1 is 1.53 bits per heavy atom. The van der Waals surface area contributed by atoms with Crippen LogP contribution in [-0.2, 0) is 0 Å². The van der Waals surface area contributed by atoms with Gasteiger partial charge in [-0.25, -0.2) is 4.98 Å². The van der Waals surface area contributed by atoms with Crippen molar-refractivity contribution in [2.75, 3.05) is 11.9 Å². The summed E-state index contributed by atoms with van der Waals surface area (Å²) < 4.78 is 1.68. The second kappa shape index (κ2) is 5.09. The SMILES string of the molecule is Cc1cc(NC(C)CCCO)n2ncnc2n1. The Bertz CT molecular complexity index is 496. The van der Waals surface area contributed by atoms with Crippen LogP contribution in [-0.4, -0.2) is 37.3 Å². The van der Waals surface area contributed by atoms with Crippen molar-refractivity contribution in [3.05, 3.63) is 18.1 Å². The molecule has 6 heteroatoms. The molecule has 0 radical (unpaired) electrons. The summed E-state index contributed by atoms with van der Waals surface area (Å²) in [5.41, 5.74) is 0.905. The summed E-state index contributed by atoms with van der Waals surface area (Å²) in [7, 11) is 0. The number of hydrogen-bond acceptors (Lipinski definition) is 5. The lowest BCUT2D eigenvalue weighted by molar-refractivity contribution is 0.282. The lowest BCUT2D eigenvalue weighted by atomic mass is 10.2. The highest BCUT2D eigenvalue weighted by atomic mass is 16.2. The molecule has 1 unspecified atom stereocenters. The number of hydrogen-bond donors (Lipinski definition) is 2. The average Bonchev–Trinajstić information content (AvgIpc) is 2.74. The summed E-state index contributed by atoms with van der Waals surface area (Å²) in [5.74, 6) is 1.48. The molecule has 2 rings (SSSR count). The van der Waals surface area contributed by atoms with Gasteiger partial charge in [-0.2, -0.15) is 14.6 Å². The average molecular weight is 235 g/mol. The molecule has 0 fully saturated rings. The summed E-state index contributed by atoms with van der Waals surface area (Å²) >= 11 is 0. The number of nitrogens with zero attached hydrogens (tertiary/aromatic N) is 4. The third-order valence-corrected chi connectivity index (χ3v) is 2.57. The maximum atomic E-state index is 8.80. The molecule has 1 atom stereocenters. The molecule has 2 aromatic heterocycles. The summed E-state index contributed by atoms with van der Waals surface area (Å²) in [6.45, 7) is 4.23. The van der Waals surface area contributed by atoms with Gasteiger partial charge in [0.2, 0.25) is 0 Å². The number of rotatable bonds is 5. The number of nitrogens with one attached hydrogen (secondary N) is 1. The molecule has 2 aromatic rings. The second-order valence-electron chi connectivity index (χ2n) is 4.17. The highest BCUT2D eigenvalue weighted by Crippen LogP contribution is 2.12. The Hall–Kier alpha value is -1.69. The van der Waals surface area contributed by atoms with Gasteiger partial charge in [-0.1, -0.05) is 0 Å². The van der Waals surface area contributed by atoms with Gasteiger partial charge < -0.3 is 10.4 Å². The molecule has 2 heterocycles. The molecular weight excluding hydrogens is 218 g/mol. The second-order valence-corrected chi connectivity index (χ2v) is 4.17. The van der Waals surface area contributed by atoms with Gasteiger partial charge in [-0.05, 0) is 26.7 Å². The van der Waals surface area contributed by atoms with Crippen LogP contribution in [0, 0.1) is 6.92 Å². The van der Waals surface area contributed by atoms with E-state index in [-0.39, 0.29) is 12.6 Å². The fraction of sp³-hybridized carbons (Fsp3) is 0.545. The standard InChI is InChI=1S/C11H17N5O/c1-8(4-3-5-17)14-10-6-9(2)15-11-12-7-13-16(10)11/h6-8,14,17H,3-5H2,1-2H3. The van der Waals surface area contributed by atoms with Gasteiger partial charge in [0, 0.05) is 24.4 Å². The van der Waals surface area contributed by atoms with Gasteiger partial charge in [0.15, 0.2) is 0 Å². The topological polar surface area (TPSA) is 75.3 Å². The Balaban J connectivity index is 2.19. The molecule has 0 saturated heterocycles. The molecule has 0 aliphatic heterocycles. The van der Waals surface area contributed by atoms with Crippen molar-refractivity contribution in [1.82, 2.24) is 19.6 Å². The van der Waals surface area contributed by atoms with Gasteiger partial charge in [-0.3, -0.25) is 0 Å². The minimum Gasteiger partial charge on any atom is -0.396 e. The number of aryl methyl sites for hydroxylation is 1. The zero-order valence-electron chi connectivity index (χ0n) is 10.1. The predicted molar refractivity (Wildman–Crippen MR) is 64.9 cm³/mol. The van der Waals surface area contributed by atoms with Crippen LogP contribution in [0.1, 0.15) is 25.5 Å². The van der Waals surface area contributed by atoms with Crippen LogP contribution in [0.2, 0.25) is 0 Å². The van der Waals surface area contributed by atoms with Gasteiger partial charge >= 0.3 is 0 Å². The molecule has 6 nitrogen and oxygen atoms in total. The minimum atomic E-state index is 0.222. The Morgan fingerprint density at radius 2 is 2.35 bits per heavy atom. The van der Waals surface area contributed by atoms with Crippen LogP contribution in [0.3, 0.4) is 0 Å². The highest BCUT2D eigenvalue weighted by molar-refractivity contribution is 5.45. The van der Waals surface area contributed by atoms with E-state index >= 15 is 0 Å². The molecule has 0 amide bonds. The summed E-state index contributed by atoms with van der Waals surface area (Å²) in [6.07, 6.45) is 3.19. The van der Waals surface area contributed by atoms with E-state index in [9.17, 15) is 0 Å². The van der Waals surface area contributed by atoms with Crippen molar-refractivity contribution in [3.63, 3.8) is 0 Å². The number of anilines is 1. The van der Waals surface area contributed by atoms with Crippen molar-refractivity contribution in [1.29, 1.82) is 0 Å². The van der Waals surface area contributed by atoms with Crippen LogP contribution >= 0.6 is 0 Å². The van der Waals surface area contributed by atoms with E-state index in [1.807, 2.05) is 13.0 Å². The van der Waals surface area contributed by atoms with Crippen molar-refractivity contribution in [2.24, 2.45) is 0 Å². The van der Waals surface area contributed by atoms with Crippen molar-refractivity contribution >= 4 is 11.6 Å². The smallest absolute Gasteiger partial charge is 0.254 e. The summed E-state index contributed by atoms with van der Waals surface area (Å²) in [4.78, 5) is 8.35. The molecule has 0 aliphatic rings. The number of aliphatic hydroxyl groups excluding tert-OH is 1. The first-order valence-corrected chi connectivity index (χ1v) is 5.75. The lowest BCUT2D eigenvalue weighted by Crippen LogP contribution is -2.18. The zero-order valence-corrected chi connectivity index (χ0v) is 10.1. The Morgan fingerprint density at radius 3 is 3.12 bits per heavy atom. The van der Waals surface area contributed by atoms with E-state index in [4.69, 9.17) is 5.11 Å². The van der Waals surface area contributed by atoms with E-state index in [1.165, 1.54) is 6.33 Å². The van der Waals surface area contributed by atoms with Crippen LogP contribution in [0.25, 0.3) is 5.78 Å². The number of fused-ring (bicyclic) bond motifs is 1. The van der Waals surface area contributed by atoms with E-state index in [0.29, 0.717) is 5.78 Å². The van der Waals surface area contributed by atoms with E-state index < -0.39 is 0 Å². The number of aliphatic hydroxyl groups is 1. The van der Waals surface area contributed by atoms with Gasteiger partial charge in [0.25, 0.3) is 5.78 Å². The van der Waals surface area contributed by atoms with Crippen LogP contribution < -0.4 is 5.32 Å². The predicted octanol–water partition coefficient (Wildman–Crippen LogP) is 1.01. The molecule has 0 aliphatic carbocycles. The molecule has 92 valence electrons. The van der Waals surface area contributed by atoms with Crippen molar-refractivity contribution < 1.29 is 5.11 Å². The quantitative estimate of drug-likeness (QED) is 0.808. The fourth-order valence-corrected chi connectivity index (χ4v) is 1.76. The van der Waals surface area contributed by atoms with E-state index in [1.54, 1.807) is 4.52 Å². The summed E-state index contributed by atoms with van der Waals surface area (Å²) in [5, 5.41) is 16.3. The lowest BCUT2D eigenvalue weighted by Gasteiger charge is -2.15. The van der Waals surface area contributed by atoms with E-state index in [2.05, 4.69) is 27.3 Å². The van der Waals surface area contributed by atoms with Gasteiger partial charge in [-0.15, -0.1) is 0 Å². The first-order chi connectivity index (χ1) is 8.20. The third-order valence-electron chi connectivity index (χ3n) is 2.57. The maximum absolute atomic E-state index is 8.80. The molecule has 17 heavy (non-hydrogen) atoms. The normalized spacial score (nSPS) is 12.9. The van der Waals surface area contributed by atoms with Gasteiger partial charge in [0.05, 0.1) is 0 Å². The van der Waals surface area contributed by atoms with Crippen molar-refractivity contribution in [2.45, 2.75) is 32.7 Å². The maximum Gasteiger partial charge on any atom is 0.254 e. The fourth-order valence-electron chi connectivity index (χ4n) is 1.76. The Labute approximate surface area is 99.7 Å². The Kier molecular flexibility index (Phi) is 3.53. The van der Waals surface area contributed by atoms with Crippen LogP contribution in [0.15, 0.2) is 12.4 Å². The molecule has 0 aromatic carbocycles. The molecule has 2 N–H and O–H groups in total. The molecule has 0 saturated carbocycles. The first kappa shape index (κ1) is 11.8. The number of aromatic nitrogens is 4. The molecular formula is C11H17N5O. The minimum absolute atomic E-state index is 0.222. The monoisotopic (exact) mass is 235 g/mol. The third kappa shape index (κ3) is 2.71. The van der Waals surface area contributed by atoms with Crippen LogP contribution in [0.4, 0.5) is 5.82 Å². The molecule has 0 bridgehead atoms. The molecule has 0 spiro atoms. The van der Waals surface area contributed by atoms with Crippen molar-refractivity contribution in [3.8, 4) is 0 Å². The highest BCUT2D eigenvalue weighted by Gasteiger charge is 2.08. The van der Waals surface area contributed by atoms with Gasteiger partial charge in [0.1, 0.15) is 12.1 Å². The largest absolute Gasteiger partial charge is 0.396 e.